The Morgan fingerprint density at radius 2 is 2.18 bits per heavy atom. The van der Waals surface area contributed by atoms with Gasteiger partial charge in [0, 0.05) is 0 Å². The van der Waals surface area contributed by atoms with Gasteiger partial charge in [0.2, 0.25) is 0 Å². The van der Waals surface area contributed by atoms with Gasteiger partial charge in [-0.25, -0.2) is 0 Å². The zero-order valence-electron chi connectivity index (χ0n) is 7.26. The van der Waals surface area contributed by atoms with Crippen molar-refractivity contribution in [1.82, 2.24) is 0 Å². The van der Waals surface area contributed by atoms with E-state index in [0.717, 1.165) is 25.7 Å². The zero-order valence-corrected chi connectivity index (χ0v) is 7.26. The Labute approximate surface area is 67.6 Å². The van der Waals surface area contributed by atoms with Crippen LogP contribution < -0.4 is 0 Å². The van der Waals surface area contributed by atoms with Crippen LogP contribution in [0.1, 0.15) is 39.5 Å². The van der Waals surface area contributed by atoms with Gasteiger partial charge in [-0.3, -0.25) is 4.79 Å². The van der Waals surface area contributed by atoms with Crippen molar-refractivity contribution >= 4 is 5.97 Å². The van der Waals surface area contributed by atoms with E-state index in [1.54, 1.807) is 0 Å². The van der Waals surface area contributed by atoms with Crippen molar-refractivity contribution in [1.29, 1.82) is 0 Å². The van der Waals surface area contributed by atoms with Gasteiger partial charge in [0.1, 0.15) is 0 Å². The van der Waals surface area contributed by atoms with Crippen LogP contribution in [0.5, 0.6) is 0 Å². The van der Waals surface area contributed by atoms with E-state index in [9.17, 15) is 4.79 Å². The minimum absolute atomic E-state index is 0.422. The van der Waals surface area contributed by atoms with Gasteiger partial charge in [-0.1, -0.05) is 13.3 Å². The number of hydrogen-bond acceptors (Lipinski definition) is 1. The van der Waals surface area contributed by atoms with Crippen LogP contribution in [-0.2, 0) is 4.79 Å². The Bertz CT molecular complexity index is 161. The quantitative estimate of drug-likeness (QED) is 0.678. The molecule has 1 saturated carbocycles. The molecular weight excluding hydrogens is 140 g/mol. The molecular formula is C9H16O2. The average molecular weight is 156 g/mol. The van der Waals surface area contributed by atoms with E-state index in [1.807, 2.05) is 13.8 Å². The normalized spacial score (nSPS) is 22.7. The van der Waals surface area contributed by atoms with Gasteiger partial charge in [0.25, 0.3) is 0 Å². The lowest BCUT2D eigenvalue weighted by Gasteiger charge is -2.23. The highest BCUT2D eigenvalue weighted by Gasteiger charge is 2.46. The molecule has 0 bridgehead atoms. The summed E-state index contributed by atoms with van der Waals surface area (Å²) in [6.07, 6.45) is 4.03. The smallest absolute Gasteiger partial charge is 0.309 e. The van der Waals surface area contributed by atoms with Crippen LogP contribution >= 0.6 is 0 Å². The molecule has 0 amide bonds. The maximum absolute atomic E-state index is 10.9. The summed E-state index contributed by atoms with van der Waals surface area (Å²) < 4.78 is 0. The fourth-order valence-corrected chi connectivity index (χ4v) is 1.73. The Balaban J connectivity index is 2.61. The minimum Gasteiger partial charge on any atom is -0.481 e. The molecule has 11 heavy (non-hydrogen) atoms. The molecule has 1 fully saturated rings. The number of carboxylic acid groups (broad SMARTS) is 1. The van der Waals surface area contributed by atoms with Gasteiger partial charge in [-0.05, 0) is 32.1 Å². The van der Waals surface area contributed by atoms with Gasteiger partial charge in [-0.15, -0.1) is 0 Å². The Hall–Kier alpha value is -0.530. The Morgan fingerprint density at radius 3 is 2.45 bits per heavy atom. The maximum atomic E-state index is 10.9. The highest BCUT2D eigenvalue weighted by atomic mass is 16.4. The molecule has 1 rings (SSSR count). The Morgan fingerprint density at radius 1 is 1.64 bits per heavy atom. The number of hydrogen-bond donors (Lipinski definition) is 1. The molecule has 1 atom stereocenters. The second-order valence-electron chi connectivity index (χ2n) is 3.75. The topological polar surface area (TPSA) is 37.3 Å². The first-order valence-electron chi connectivity index (χ1n) is 4.34. The first-order chi connectivity index (χ1) is 5.11. The molecule has 1 aliphatic carbocycles. The molecule has 1 unspecified atom stereocenters. The average Bonchev–Trinajstić information content (AvgIpc) is 2.68. The van der Waals surface area contributed by atoms with Gasteiger partial charge >= 0.3 is 5.97 Å². The summed E-state index contributed by atoms with van der Waals surface area (Å²) >= 11 is 0. The lowest BCUT2D eigenvalue weighted by Crippen LogP contribution is -2.29. The van der Waals surface area contributed by atoms with E-state index in [-0.39, 0.29) is 0 Å². The standard InChI is InChI=1S/C9H16O2/c1-3-6-9(2,8(10)11)7-4-5-7/h7H,3-6H2,1-2H3,(H,10,11). The third kappa shape index (κ3) is 1.55. The fourth-order valence-electron chi connectivity index (χ4n) is 1.73. The SMILES string of the molecule is CCCC(C)(C(=O)O)C1CC1. The van der Waals surface area contributed by atoms with Crippen LogP contribution in [0.2, 0.25) is 0 Å². The number of aliphatic carboxylic acids is 1. The van der Waals surface area contributed by atoms with E-state index in [1.165, 1.54) is 0 Å². The lowest BCUT2D eigenvalue weighted by molar-refractivity contribution is -0.149. The van der Waals surface area contributed by atoms with E-state index >= 15 is 0 Å². The second-order valence-corrected chi connectivity index (χ2v) is 3.75. The number of carbonyl (C=O) groups is 1. The van der Waals surface area contributed by atoms with Crippen molar-refractivity contribution < 1.29 is 9.90 Å². The molecule has 0 spiro atoms. The minimum atomic E-state index is -0.609. The summed E-state index contributed by atoms with van der Waals surface area (Å²) in [5.41, 5.74) is -0.422. The van der Waals surface area contributed by atoms with E-state index in [0.29, 0.717) is 5.92 Å². The molecule has 0 aromatic carbocycles. The summed E-state index contributed by atoms with van der Waals surface area (Å²) in [5.74, 6) is -0.151. The molecule has 64 valence electrons. The van der Waals surface area contributed by atoms with Crippen molar-refractivity contribution in [2.75, 3.05) is 0 Å². The first-order valence-corrected chi connectivity index (χ1v) is 4.34. The Kier molecular flexibility index (Phi) is 2.21. The summed E-state index contributed by atoms with van der Waals surface area (Å²) in [6, 6.07) is 0. The molecule has 0 heterocycles. The molecule has 0 aliphatic heterocycles. The largest absolute Gasteiger partial charge is 0.481 e. The molecule has 0 saturated heterocycles. The van der Waals surface area contributed by atoms with Crippen LogP contribution in [0.25, 0.3) is 0 Å². The molecule has 2 nitrogen and oxygen atoms in total. The molecule has 0 aromatic heterocycles. The van der Waals surface area contributed by atoms with E-state index < -0.39 is 11.4 Å². The molecule has 2 heteroatoms. The highest BCUT2D eigenvalue weighted by molar-refractivity contribution is 5.75. The summed E-state index contributed by atoms with van der Waals surface area (Å²) in [5, 5.41) is 8.97. The second kappa shape index (κ2) is 2.84. The monoisotopic (exact) mass is 156 g/mol. The van der Waals surface area contributed by atoms with Gasteiger partial charge in [-0.2, -0.15) is 0 Å². The fraction of sp³-hybridized carbons (Fsp3) is 0.889. The van der Waals surface area contributed by atoms with Gasteiger partial charge in [0.05, 0.1) is 5.41 Å². The maximum Gasteiger partial charge on any atom is 0.309 e. The van der Waals surface area contributed by atoms with Crippen molar-refractivity contribution in [2.45, 2.75) is 39.5 Å². The lowest BCUT2D eigenvalue weighted by atomic mass is 9.81. The summed E-state index contributed by atoms with van der Waals surface area (Å²) in [7, 11) is 0. The van der Waals surface area contributed by atoms with E-state index in [2.05, 4.69) is 0 Å². The predicted octanol–water partition coefficient (Wildman–Crippen LogP) is 2.29. The predicted molar refractivity (Wildman–Crippen MR) is 43.4 cm³/mol. The molecule has 1 aliphatic rings. The van der Waals surface area contributed by atoms with E-state index in [4.69, 9.17) is 5.11 Å². The van der Waals surface area contributed by atoms with Crippen molar-refractivity contribution in [3.8, 4) is 0 Å². The molecule has 0 radical (unpaired) electrons. The third-order valence-electron chi connectivity index (χ3n) is 2.74. The van der Waals surface area contributed by atoms with Crippen molar-refractivity contribution in [3.05, 3.63) is 0 Å². The van der Waals surface area contributed by atoms with Crippen LogP contribution in [0.15, 0.2) is 0 Å². The van der Waals surface area contributed by atoms with Crippen LogP contribution in [0.3, 0.4) is 0 Å². The van der Waals surface area contributed by atoms with Crippen LogP contribution in [0.4, 0.5) is 0 Å². The first kappa shape index (κ1) is 8.57. The van der Waals surface area contributed by atoms with Crippen LogP contribution in [-0.4, -0.2) is 11.1 Å². The van der Waals surface area contributed by atoms with Crippen LogP contribution in [0, 0.1) is 11.3 Å². The van der Waals surface area contributed by atoms with Crippen molar-refractivity contribution in [2.24, 2.45) is 11.3 Å². The summed E-state index contributed by atoms with van der Waals surface area (Å²) in [6.45, 7) is 3.93. The van der Waals surface area contributed by atoms with Gasteiger partial charge < -0.3 is 5.11 Å². The highest BCUT2D eigenvalue weighted by Crippen LogP contribution is 2.48. The van der Waals surface area contributed by atoms with Crippen molar-refractivity contribution in [3.63, 3.8) is 0 Å². The third-order valence-corrected chi connectivity index (χ3v) is 2.74. The summed E-state index contributed by atoms with van der Waals surface area (Å²) in [4.78, 5) is 10.9. The number of rotatable bonds is 4. The zero-order chi connectivity index (χ0) is 8.48. The number of carboxylic acids is 1. The molecule has 1 N–H and O–H groups in total. The van der Waals surface area contributed by atoms with Gasteiger partial charge in [0.15, 0.2) is 0 Å². The molecule has 0 aromatic rings.